The van der Waals surface area contributed by atoms with Gasteiger partial charge in [0.1, 0.15) is 5.82 Å². The molecule has 3 aromatic rings. The summed E-state index contributed by atoms with van der Waals surface area (Å²) in [5, 5.41) is 0. The Kier molecular flexibility index (Phi) is 3.89. The van der Waals surface area contributed by atoms with Crippen molar-refractivity contribution in [2.75, 3.05) is 5.73 Å². The topological polar surface area (TPSA) is 69.6 Å². The molecular weight excluding hydrogens is 310 g/mol. The molecule has 0 radical (unpaired) electrons. The Morgan fingerprint density at radius 1 is 1.16 bits per heavy atom. The van der Waals surface area contributed by atoms with Crippen LogP contribution in [0.4, 0.5) is 5.82 Å². The van der Waals surface area contributed by atoms with Gasteiger partial charge in [0.15, 0.2) is 17.0 Å². The number of nitrogen functional groups attached to an aromatic ring is 1. The van der Waals surface area contributed by atoms with E-state index in [2.05, 4.69) is 45.8 Å². The highest BCUT2D eigenvalue weighted by molar-refractivity contribution is 5.85. The number of benzene rings is 1. The summed E-state index contributed by atoms with van der Waals surface area (Å²) in [6.45, 7) is 2.07. The molecule has 0 aliphatic heterocycles. The molecule has 126 valence electrons. The lowest BCUT2D eigenvalue weighted by atomic mass is 10.1. The summed E-state index contributed by atoms with van der Waals surface area (Å²) in [5.41, 5.74) is 9.72. The fourth-order valence-corrected chi connectivity index (χ4v) is 3.42. The number of hydrogen-bond donors (Lipinski definition) is 1. The monoisotopic (exact) mass is 331 g/mol. The highest BCUT2D eigenvalue weighted by atomic mass is 15.1. The van der Waals surface area contributed by atoms with Gasteiger partial charge in [-0.3, -0.25) is 0 Å². The molecule has 5 nitrogen and oxygen atoms in total. The minimum atomic E-state index is 0.384. The zero-order valence-corrected chi connectivity index (χ0v) is 14.6. The number of imidazole rings is 1. The van der Waals surface area contributed by atoms with Gasteiger partial charge < -0.3 is 10.3 Å². The van der Waals surface area contributed by atoms with Crippen molar-refractivity contribution in [3.05, 3.63) is 35.7 Å². The highest BCUT2D eigenvalue weighted by Crippen LogP contribution is 2.26. The molecule has 0 amide bonds. The quantitative estimate of drug-likeness (QED) is 0.693. The van der Waals surface area contributed by atoms with Gasteiger partial charge in [0.2, 0.25) is 5.82 Å². The van der Waals surface area contributed by atoms with E-state index in [-0.39, 0.29) is 0 Å². The molecule has 25 heavy (non-hydrogen) atoms. The van der Waals surface area contributed by atoms with Crippen LogP contribution in [0.3, 0.4) is 0 Å². The maximum atomic E-state index is 6.14. The molecule has 0 unspecified atom stereocenters. The number of nitrogens with two attached hydrogens (primary N) is 1. The van der Waals surface area contributed by atoms with E-state index in [1.54, 1.807) is 0 Å². The maximum absolute atomic E-state index is 6.14. The van der Waals surface area contributed by atoms with Gasteiger partial charge in [-0.1, -0.05) is 42.5 Å². The summed E-state index contributed by atoms with van der Waals surface area (Å²) in [5.74, 6) is 8.57. The average molecular weight is 331 g/mol. The predicted molar refractivity (Wildman–Crippen MR) is 99.7 cm³/mol. The van der Waals surface area contributed by atoms with Crippen molar-refractivity contribution >= 4 is 17.0 Å². The van der Waals surface area contributed by atoms with E-state index in [1.165, 1.54) is 31.2 Å². The molecule has 1 aliphatic rings. The summed E-state index contributed by atoms with van der Waals surface area (Å²) in [6.07, 6.45) is 4.88. The fourth-order valence-electron chi connectivity index (χ4n) is 3.42. The molecule has 1 fully saturated rings. The zero-order valence-electron chi connectivity index (χ0n) is 14.6. The van der Waals surface area contributed by atoms with Crippen molar-refractivity contribution in [2.24, 2.45) is 13.0 Å². The minimum absolute atomic E-state index is 0.384. The summed E-state index contributed by atoms with van der Waals surface area (Å²) >= 11 is 0. The first-order valence-electron chi connectivity index (χ1n) is 8.70. The molecule has 0 saturated heterocycles. The van der Waals surface area contributed by atoms with Crippen molar-refractivity contribution in [1.29, 1.82) is 0 Å². The summed E-state index contributed by atoms with van der Waals surface area (Å²) in [6, 6.07) is 8.23. The van der Waals surface area contributed by atoms with Crippen molar-refractivity contribution < 1.29 is 0 Å². The first-order chi connectivity index (χ1) is 12.1. The Bertz CT molecular complexity index is 1000. The van der Waals surface area contributed by atoms with Crippen LogP contribution in [0.2, 0.25) is 0 Å². The fraction of sp³-hybridized carbons (Fsp3) is 0.350. The second kappa shape index (κ2) is 6.21. The van der Waals surface area contributed by atoms with Gasteiger partial charge in [-0.15, -0.1) is 0 Å². The lowest BCUT2D eigenvalue weighted by Crippen LogP contribution is -2.00. The van der Waals surface area contributed by atoms with Crippen LogP contribution in [-0.2, 0) is 7.05 Å². The molecule has 2 heterocycles. The van der Waals surface area contributed by atoms with Crippen LogP contribution in [0.5, 0.6) is 0 Å². The number of rotatable bonds is 1. The number of nitrogens with zero attached hydrogens (tertiary/aromatic N) is 4. The largest absolute Gasteiger partial charge is 0.382 e. The number of hydrogen-bond acceptors (Lipinski definition) is 4. The van der Waals surface area contributed by atoms with E-state index < -0.39 is 0 Å². The molecule has 0 atom stereocenters. The van der Waals surface area contributed by atoms with Crippen LogP contribution >= 0.6 is 0 Å². The van der Waals surface area contributed by atoms with Crippen LogP contribution in [0.25, 0.3) is 22.6 Å². The maximum Gasteiger partial charge on any atom is 0.208 e. The van der Waals surface area contributed by atoms with E-state index in [1.807, 2.05) is 23.7 Å². The van der Waals surface area contributed by atoms with Crippen molar-refractivity contribution in [3.8, 4) is 23.2 Å². The molecule has 4 rings (SSSR count). The number of aromatic nitrogens is 4. The normalized spacial score (nSPS) is 14.6. The second-order valence-electron chi connectivity index (χ2n) is 6.72. The van der Waals surface area contributed by atoms with Gasteiger partial charge in [-0.25, -0.2) is 15.0 Å². The Morgan fingerprint density at radius 3 is 2.72 bits per heavy atom. The van der Waals surface area contributed by atoms with E-state index in [4.69, 9.17) is 5.73 Å². The first kappa shape index (κ1) is 15.6. The third kappa shape index (κ3) is 2.96. The lowest BCUT2D eigenvalue weighted by Gasteiger charge is -2.03. The van der Waals surface area contributed by atoms with Crippen molar-refractivity contribution in [3.63, 3.8) is 0 Å². The molecule has 1 saturated carbocycles. The molecular formula is C20H21N5. The number of anilines is 1. The van der Waals surface area contributed by atoms with Gasteiger partial charge in [-0.2, -0.15) is 0 Å². The average Bonchev–Trinajstić information content (AvgIpc) is 3.22. The van der Waals surface area contributed by atoms with Crippen LogP contribution in [0, 0.1) is 24.7 Å². The molecule has 5 heteroatoms. The Labute approximate surface area is 147 Å². The van der Waals surface area contributed by atoms with E-state index in [0.29, 0.717) is 23.1 Å². The van der Waals surface area contributed by atoms with Gasteiger partial charge in [-0.05, 0) is 31.8 Å². The van der Waals surface area contributed by atoms with Crippen LogP contribution in [0.15, 0.2) is 24.3 Å². The lowest BCUT2D eigenvalue weighted by molar-refractivity contribution is 0.711. The highest BCUT2D eigenvalue weighted by Gasteiger charge is 2.16. The van der Waals surface area contributed by atoms with Crippen LogP contribution in [-0.4, -0.2) is 19.5 Å². The molecule has 2 N–H and O–H groups in total. The Morgan fingerprint density at radius 2 is 1.96 bits per heavy atom. The summed E-state index contributed by atoms with van der Waals surface area (Å²) < 4.78 is 1.96. The first-order valence-corrected chi connectivity index (χ1v) is 8.70. The standard InChI is InChI=1S/C20H21N5/c1-13-6-5-9-15(12-13)19-24-17-18(21)22-16(23-20(17)25(19)2)11-10-14-7-3-4-8-14/h5-6,9,12,14H,3-4,7-8H2,1-2H3,(H2,21,22,23). The molecule has 2 aromatic heterocycles. The molecule has 0 bridgehead atoms. The van der Waals surface area contributed by atoms with Crippen molar-refractivity contribution in [2.45, 2.75) is 32.6 Å². The van der Waals surface area contributed by atoms with Gasteiger partial charge in [0, 0.05) is 18.5 Å². The molecule has 0 spiro atoms. The zero-order chi connectivity index (χ0) is 17.4. The predicted octanol–water partition coefficient (Wildman–Crippen LogP) is 3.46. The van der Waals surface area contributed by atoms with Gasteiger partial charge in [0.05, 0.1) is 0 Å². The Hall–Kier alpha value is -2.87. The Balaban J connectivity index is 1.79. The number of fused-ring (bicyclic) bond motifs is 1. The molecule has 1 aromatic carbocycles. The van der Waals surface area contributed by atoms with Crippen LogP contribution < -0.4 is 5.73 Å². The third-order valence-electron chi connectivity index (χ3n) is 4.77. The summed E-state index contributed by atoms with van der Waals surface area (Å²) in [4.78, 5) is 13.6. The van der Waals surface area contributed by atoms with Gasteiger partial charge in [0.25, 0.3) is 0 Å². The van der Waals surface area contributed by atoms with E-state index in [9.17, 15) is 0 Å². The smallest absolute Gasteiger partial charge is 0.208 e. The SMILES string of the molecule is Cc1cccc(-c2nc3c(N)nc(C#CC4CCCC4)nc3n2C)c1. The van der Waals surface area contributed by atoms with Crippen molar-refractivity contribution in [1.82, 2.24) is 19.5 Å². The van der Waals surface area contributed by atoms with E-state index >= 15 is 0 Å². The molecule has 1 aliphatic carbocycles. The second-order valence-corrected chi connectivity index (χ2v) is 6.72. The third-order valence-corrected chi connectivity index (χ3v) is 4.77. The van der Waals surface area contributed by atoms with Crippen LogP contribution in [0.1, 0.15) is 37.1 Å². The summed E-state index contributed by atoms with van der Waals surface area (Å²) in [7, 11) is 1.95. The van der Waals surface area contributed by atoms with Gasteiger partial charge >= 0.3 is 0 Å². The minimum Gasteiger partial charge on any atom is -0.382 e. The van der Waals surface area contributed by atoms with E-state index in [0.717, 1.165) is 17.0 Å². The number of aryl methyl sites for hydroxylation is 2.